The predicted molar refractivity (Wildman–Crippen MR) is 68.8 cm³/mol. The van der Waals surface area contributed by atoms with E-state index in [0.717, 1.165) is 17.2 Å². The molecule has 0 aliphatic carbocycles. The molecule has 17 heavy (non-hydrogen) atoms. The average molecular weight is 220 g/mol. The van der Waals surface area contributed by atoms with Gasteiger partial charge in [0.25, 0.3) is 0 Å². The third-order valence-corrected chi connectivity index (χ3v) is 2.86. The van der Waals surface area contributed by atoms with Crippen LogP contribution in [-0.4, -0.2) is 10.2 Å². The molecule has 0 radical (unpaired) electrons. The Morgan fingerprint density at radius 3 is 2.29 bits per heavy atom. The second-order valence-electron chi connectivity index (χ2n) is 4.11. The van der Waals surface area contributed by atoms with Crippen molar-refractivity contribution in [1.82, 2.24) is 10.2 Å². The van der Waals surface area contributed by atoms with Crippen LogP contribution < -0.4 is 0 Å². The van der Waals surface area contributed by atoms with Crippen molar-refractivity contribution in [1.29, 1.82) is 0 Å². The molecule has 0 aliphatic heterocycles. The molecule has 0 saturated carbocycles. The van der Waals surface area contributed by atoms with Gasteiger partial charge in [-0.25, -0.2) is 0 Å². The molecule has 0 amide bonds. The summed E-state index contributed by atoms with van der Waals surface area (Å²) >= 11 is 0. The predicted octanol–water partition coefficient (Wildman–Crippen LogP) is 3.22. The van der Waals surface area contributed by atoms with E-state index in [1.165, 1.54) is 11.1 Å². The van der Waals surface area contributed by atoms with Crippen molar-refractivity contribution in [3.8, 4) is 0 Å². The van der Waals surface area contributed by atoms with Gasteiger partial charge in [0.2, 0.25) is 0 Å². The van der Waals surface area contributed by atoms with Crippen molar-refractivity contribution in [3.05, 3.63) is 72.1 Å². The first-order valence-corrected chi connectivity index (χ1v) is 5.65. The van der Waals surface area contributed by atoms with Crippen LogP contribution in [0.4, 0.5) is 0 Å². The van der Waals surface area contributed by atoms with E-state index in [0.29, 0.717) is 0 Å². The zero-order valence-electron chi connectivity index (χ0n) is 9.38. The van der Waals surface area contributed by atoms with Crippen LogP contribution in [0.2, 0.25) is 0 Å². The van der Waals surface area contributed by atoms with Gasteiger partial charge in [0, 0.05) is 10.8 Å². The summed E-state index contributed by atoms with van der Waals surface area (Å²) in [4.78, 5) is 0. The molecule has 3 rings (SSSR count). The highest BCUT2D eigenvalue weighted by atomic mass is 15.1. The fourth-order valence-corrected chi connectivity index (χ4v) is 1.99. The van der Waals surface area contributed by atoms with Gasteiger partial charge in [-0.3, -0.25) is 0 Å². The molecule has 1 aromatic heterocycles. The number of nitrogens with zero attached hydrogens (tertiary/aromatic N) is 2. The largest absolute Gasteiger partial charge is 0.158 e. The van der Waals surface area contributed by atoms with Crippen LogP contribution in [0, 0.1) is 0 Å². The van der Waals surface area contributed by atoms with Gasteiger partial charge < -0.3 is 0 Å². The molecule has 0 saturated heterocycles. The van der Waals surface area contributed by atoms with Gasteiger partial charge in [0.1, 0.15) is 0 Å². The van der Waals surface area contributed by atoms with Crippen LogP contribution in [0.3, 0.4) is 0 Å². The summed E-state index contributed by atoms with van der Waals surface area (Å²) in [6, 6.07) is 16.9. The molecule has 0 unspecified atom stereocenters. The van der Waals surface area contributed by atoms with Gasteiger partial charge in [-0.05, 0) is 23.6 Å². The molecule has 82 valence electrons. The molecule has 0 spiro atoms. The lowest BCUT2D eigenvalue weighted by Crippen LogP contribution is -1.88. The Hall–Kier alpha value is -2.22. The fraction of sp³-hybridized carbons (Fsp3) is 0.0667. The molecule has 0 atom stereocenters. The Morgan fingerprint density at radius 2 is 1.47 bits per heavy atom. The second-order valence-corrected chi connectivity index (χ2v) is 4.11. The van der Waals surface area contributed by atoms with Gasteiger partial charge in [-0.15, -0.1) is 0 Å². The maximum atomic E-state index is 3.91. The normalized spacial score (nSPS) is 10.6. The summed E-state index contributed by atoms with van der Waals surface area (Å²) in [6.07, 6.45) is 4.56. The van der Waals surface area contributed by atoms with Crippen molar-refractivity contribution in [2.45, 2.75) is 6.42 Å². The molecule has 2 heteroatoms. The summed E-state index contributed by atoms with van der Waals surface area (Å²) in [5, 5.41) is 10.1. The second kappa shape index (κ2) is 4.34. The monoisotopic (exact) mass is 220 g/mol. The number of hydrogen-bond acceptors (Lipinski definition) is 2. The van der Waals surface area contributed by atoms with Crippen molar-refractivity contribution < 1.29 is 0 Å². The highest BCUT2D eigenvalue weighted by molar-refractivity contribution is 5.81. The van der Waals surface area contributed by atoms with Gasteiger partial charge in [0.15, 0.2) is 0 Å². The smallest absolute Gasteiger partial charge is 0.0574 e. The number of hydrogen-bond donors (Lipinski definition) is 0. The Labute approximate surface area is 99.9 Å². The molecule has 0 bridgehead atoms. The van der Waals surface area contributed by atoms with Crippen LogP contribution in [0.15, 0.2) is 60.9 Å². The molecule has 3 aromatic rings. The SMILES string of the molecule is c1ccc(Cc2ccc3cnncc3c2)cc1. The molecular weight excluding hydrogens is 208 g/mol. The third-order valence-electron chi connectivity index (χ3n) is 2.86. The van der Waals surface area contributed by atoms with Gasteiger partial charge >= 0.3 is 0 Å². The maximum absolute atomic E-state index is 3.91. The van der Waals surface area contributed by atoms with E-state index >= 15 is 0 Å². The first kappa shape index (κ1) is 9.97. The Kier molecular flexibility index (Phi) is 2.54. The zero-order chi connectivity index (χ0) is 11.5. The Bertz CT molecular complexity index is 633. The zero-order valence-corrected chi connectivity index (χ0v) is 9.38. The minimum atomic E-state index is 0.957. The quantitative estimate of drug-likeness (QED) is 0.662. The third kappa shape index (κ3) is 2.16. The topological polar surface area (TPSA) is 25.8 Å². The van der Waals surface area contributed by atoms with Crippen molar-refractivity contribution in [3.63, 3.8) is 0 Å². The van der Waals surface area contributed by atoms with Gasteiger partial charge in [0.05, 0.1) is 12.4 Å². The van der Waals surface area contributed by atoms with E-state index in [1.807, 2.05) is 12.3 Å². The first-order valence-electron chi connectivity index (χ1n) is 5.65. The van der Waals surface area contributed by atoms with Crippen LogP contribution in [0.25, 0.3) is 10.8 Å². The van der Waals surface area contributed by atoms with Crippen molar-refractivity contribution >= 4 is 10.8 Å². The lowest BCUT2D eigenvalue weighted by atomic mass is 10.0. The van der Waals surface area contributed by atoms with Crippen molar-refractivity contribution in [2.24, 2.45) is 0 Å². The molecular formula is C15H12N2. The minimum Gasteiger partial charge on any atom is -0.158 e. The number of rotatable bonds is 2. The Balaban J connectivity index is 1.96. The van der Waals surface area contributed by atoms with E-state index in [-0.39, 0.29) is 0 Å². The average Bonchev–Trinajstić information content (AvgIpc) is 2.40. The number of benzene rings is 2. The van der Waals surface area contributed by atoms with E-state index in [9.17, 15) is 0 Å². The van der Waals surface area contributed by atoms with Gasteiger partial charge in [-0.2, -0.15) is 10.2 Å². The lowest BCUT2D eigenvalue weighted by molar-refractivity contribution is 1.05. The van der Waals surface area contributed by atoms with E-state index < -0.39 is 0 Å². The highest BCUT2D eigenvalue weighted by Crippen LogP contribution is 2.16. The molecule has 0 fully saturated rings. The molecule has 0 N–H and O–H groups in total. The molecule has 0 aliphatic rings. The molecule has 2 aromatic carbocycles. The van der Waals surface area contributed by atoms with E-state index in [2.05, 4.69) is 52.7 Å². The number of aromatic nitrogens is 2. The standard InChI is InChI=1S/C15H12N2/c1-2-4-12(5-3-1)8-13-6-7-14-10-16-17-11-15(14)9-13/h1-7,9-11H,8H2. The summed E-state index contributed by atoms with van der Waals surface area (Å²) < 4.78 is 0. The summed E-state index contributed by atoms with van der Waals surface area (Å²) in [5.41, 5.74) is 2.63. The highest BCUT2D eigenvalue weighted by Gasteiger charge is 1.98. The Morgan fingerprint density at radius 1 is 0.706 bits per heavy atom. The van der Waals surface area contributed by atoms with Crippen LogP contribution in [0.1, 0.15) is 11.1 Å². The summed E-state index contributed by atoms with van der Waals surface area (Å²) in [5.74, 6) is 0. The van der Waals surface area contributed by atoms with Crippen LogP contribution in [-0.2, 0) is 6.42 Å². The van der Waals surface area contributed by atoms with Crippen molar-refractivity contribution in [2.75, 3.05) is 0 Å². The summed E-state index contributed by atoms with van der Waals surface area (Å²) in [6.45, 7) is 0. The fourth-order valence-electron chi connectivity index (χ4n) is 1.99. The molecule has 1 heterocycles. The van der Waals surface area contributed by atoms with E-state index in [1.54, 1.807) is 6.20 Å². The maximum Gasteiger partial charge on any atom is 0.0574 e. The lowest BCUT2D eigenvalue weighted by Gasteiger charge is -2.03. The van der Waals surface area contributed by atoms with Crippen LogP contribution in [0.5, 0.6) is 0 Å². The number of fused-ring (bicyclic) bond motifs is 1. The summed E-state index contributed by atoms with van der Waals surface area (Å²) in [7, 11) is 0. The minimum absolute atomic E-state index is 0.957. The van der Waals surface area contributed by atoms with Crippen LogP contribution >= 0.6 is 0 Å². The van der Waals surface area contributed by atoms with E-state index in [4.69, 9.17) is 0 Å². The first-order chi connectivity index (χ1) is 8.42. The van der Waals surface area contributed by atoms with Gasteiger partial charge in [-0.1, -0.05) is 42.5 Å². The molecule has 2 nitrogen and oxygen atoms in total.